The van der Waals surface area contributed by atoms with Crippen LogP contribution in [0.5, 0.6) is 0 Å². The normalized spacial score (nSPS) is 26.4. The largest absolute Gasteiger partial charge is 0.381 e. The third kappa shape index (κ3) is 6.37. The molecule has 0 aromatic rings. The van der Waals surface area contributed by atoms with E-state index >= 15 is 0 Å². The number of hydrogen-bond donors (Lipinski definition) is 2. The fraction of sp³-hybridized carbons (Fsp3) is 0.833. The van der Waals surface area contributed by atoms with Gasteiger partial charge in [-0.25, -0.2) is 0 Å². The Labute approximate surface area is 168 Å². The number of nitrogens with one attached hydrogen (secondary N) is 2. The summed E-state index contributed by atoms with van der Waals surface area (Å²) in [7, 11) is 0. The van der Waals surface area contributed by atoms with Crippen molar-refractivity contribution < 1.29 is 9.47 Å². The predicted octanol–water partition coefficient (Wildman–Crippen LogP) is 1.62. The molecule has 2 heterocycles. The van der Waals surface area contributed by atoms with Crippen molar-refractivity contribution >= 4 is 29.9 Å². The lowest BCUT2D eigenvalue weighted by molar-refractivity contribution is 0.00368. The van der Waals surface area contributed by atoms with Gasteiger partial charge in [-0.05, 0) is 26.2 Å². The van der Waals surface area contributed by atoms with Crippen molar-refractivity contribution in [2.75, 3.05) is 52.6 Å². The number of guanidine groups is 1. The minimum atomic E-state index is 0. The minimum absolute atomic E-state index is 0. The number of aliphatic imine (C=N–C) groups is 1. The van der Waals surface area contributed by atoms with Gasteiger partial charge in [-0.3, -0.25) is 9.89 Å². The Bertz CT molecular complexity index is 427. The van der Waals surface area contributed by atoms with Gasteiger partial charge in [0.15, 0.2) is 5.96 Å². The van der Waals surface area contributed by atoms with Gasteiger partial charge in [-0.1, -0.05) is 12.2 Å². The number of rotatable bonds is 6. The molecule has 0 amide bonds. The van der Waals surface area contributed by atoms with Gasteiger partial charge in [-0.15, -0.1) is 24.0 Å². The second-order valence-electron chi connectivity index (χ2n) is 6.84. The fourth-order valence-electron chi connectivity index (χ4n) is 3.76. The Morgan fingerprint density at radius 2 is 1.96 bits per heavy atom. The van der Waals surface area contributed by atoms with Crippen LogP contribution in [-0.4, -0.2) is 75.5 Å². The molecule has 2 saturated heterocycles. The zero-order valence-corrected chi connectivity index (χ0v) is 17.6. The van der Waals surface area contributed by atoms with E-state index in [-0.39, 0.29) is 24.0 Å². The second-order valence-corrected chi connectivity index (χ2v) is 6.84. The van der Waals surface area contributed by atoms with E-state index in [9.17, 15) is 0 Å². The van der Waals surface area contributed by atoms with Crippen LogP contribution in [-0.2, 0) is 9.47 Å². The summed E-state index contributed by atoms with van der Waals surface area (Å²) in [5.74, 6) is 1.53. The molecule has 0 bridgehead atoms. The lowest BCUT2D eigenvalue weighted by Crippen LogP contribution is -2.50. The molecule has 3 rings (SSSR count). The fourth-order valence-corrected chi connectivity index (χ4v) is 3.76. The molecule has 0 saturated carbocycles. The predicted molar refractivity (Wildman–Crippen MR) is 112 cm³/mol. The van der Waals surface area contributed by atoms with E-state index in [1.54, 1.807) is 0 Å². The van der Waals surface area contributed by atoms with Crippen molar-refractivity contribution in [1.82, 2.24) is 15.5 Å². The summed E-state index contributed by atoms with van der Waals surface area (Å²) in [6, 6.07) is 0.938. The van der Waals surface area contributed by atoms with Crippen LogP contribution in [0.25, 0.3) is 0 Å². The van der Waals surface area contributed by atoms with Gasteiger partial charge < -0.3 is 20.1 Å². The van der Waals surface area contributed by atoms with Crippen LogP contribution < -0.4 is 10.6 Å². The molecule has 1 aliphatic carbocycles. The maximum Gasteiger partial charge on any atom is 0.191 e. The first kappa shape index (κ1) is 20.9. The zero-order chi connectivity index (χ0) is 16.6. The lowest BCUT2D eigenvalue weighted by Gasteiger charge is -2.36. The number of ether oxygens (including phenoxy) is 2. The summed E-state index contributed by atoms with van der Waals surface area (Å²) in [4.78, 5) is 7.47. The van der Waals surface area contributed by atoms with Crippen LogP contribution in [0.15, 0.2) is 17.1 Å². The Balaban J connectivity index is 0.00000225. The van der Waals surface area contributed by atoms with Crippen LogP contribution in [0, 0.1) is 5.92 Å². The number of morpholine rings is 1. The molecule has 2 aliphatic heterocycles. The highest BCUT2D eigenvalue weighted by atomic mass is 127. The summed E-state index contributed by atoms with van der Waals surface area (Å²) >= 11 is 0. The quantitative estimate of drug-likeness (QED) is 0.271. The van der Waals surface area contributed by atoms with Crippen LogP contribution in [0.4, 0.5) is 0 Å². The topological polar surface area (TPSA) is 58.1 Å². The highest BCUT2D eigenvalue weighted by Crippen LogP contribution is 2.22. The first-order valence-corrected chi connectivity index (χ1v) is 9.46. The minimum Gasteiger partial charge on any atom is -0.381 e. The Morgan fingerprint density at radius 1 is 1.20 bits per heavy atom. The van der Waals surface area contributed by atoms with Crippen molar-refractivity contribution in [2.24, 2.45) is 10.9 Å². The molecule has 6 nitrogen and oxygen atoms in total. The van der Waals surface area contributed by atoms with Crippen LogP contribution in [0.2, 0.25) is 0 Å². The summed E-state index contributed by atoms with van der Waals surface area (Å²) < 4.78 is 11.2. The Hall–Kier alpha value is -0.380. The smallest absolute Gasteiger partial charge is 0.191 e. The molecule has 0 aromatic carbocycles. The maximum atomic E-state index is 5.64. The van der Waals surface area contributed by atoms with Crippen molar-refractivity contribution in [3.05, 3.63) is 12.2 Å². The standard InChI is InChI=1S/C18H32N4O2.HI/c1-2-19-18(21-16-5-3-4-6-16)20-13-17(15-7-10-24-14-15)22-8-11-23-12-9-22;/h3-4,15-17H,2,5-14H2,1H3,(H2,19,20,21);1H. The van der Waals surface area contributed by atoms with E-state index in [0.717, 1.165) is 77.8 Å². The molecule has 0 aromatic heterocycles. The van der Waals surface area contributed by atoms with Gasteiger partial charge in [0.05, 0.1) is 26.4 Å². The number of nitrogens with zero attached hydrogens (tertiary/aromatic N) is 2. The van der Waals surface area contributed by atoms with Crippen LogP contribution in [0.3, 0.4) is 0 Å². The monoisotopic (exact) mass is 464 g/mol. The molecule has 3 aliphatic rings. The van der Waals surface area contributed by atoms with Crippen molar-refractivity contribution in [3.63, 3.8) is 0 Å². The molecule has 0 radical (unpaired) electrons. The van der Waals surface area contributed by atoms with Gasteiger partial charge in [0.25, 0.3) is 0 Å². The number of halogens is 1. The average molecular weight is 464 g/mol. The lowest BCUT2D eigenvalue weighted by atomic mass is 9.97. The third-order valence-corrected chi connectivity index (χ3v) is 5.15. The summed E-state index contributed by atoms with van der Waals surface area (Å²) in [5, 5.41) is 6.96. The summed E-state index contributed by atoms with van der Waals surface area (Å²) in [6.07, 6.45) is 7.82. The molecule has 144 valence electrons. The molecular weight excluding hydrogens is 431 g/mol. The van der Waals surface area contributed by atoms with E-state index in [1.165, 1.54) is 0 Å². The molecule has 2 fully saturated rings. The Morgan fingerprint density at radius 3 is 2.60 bits per heavy atom. The average Bonchev–Trinajstić information content (AvgIpc) is 3.30. The molecule has 2 unspecified atom stereocenters. The zero-order valence-electron chi connectivity index (χ0n) is 15.3. The molecule has 0 spiro atoms. The highest BCUT2D eigenvalue weighted by molar-refractivity contribution is 14.0. The first-order chi connectivity index (χ1) is 11.9. The maximum absolute atomic E-state index is 5.64. The van der Waals surface area contributed by atoms with Crippen molar-refractivity contribution in [1.29, 1.82) is 0 Å². The molecule has 2 N–H and O–H groups in total. The summed E-state index contributed by atoms with van der Waals surface area (Å²) in [5.41, 5.74) is 0. The van der Waals surface area contributed by atoms with Gasteiger partial charge >= 0.3 is 0 Å². The van der Waals surface area contributed by atoms with Gasteiger partial charge in [0.1, 0.15) is 0 Å². The second kappa shape index (κ2) is 11.4. The molecular formula is C18H33IN4O2. The van der Waals surface area contributed by atoms with E-state index in [1.807, 2.05) is 0 Å². The van der Waals surface area contributed by atoms with Crippen molar-refractivity contribution in [2.45, 2.75) is 38.3 Å². The van der Waals surface area contributed by atoms with Gasteiger partial charge in [0, 0.05) is 44.2 Å². The summed E-state index contributed by atoms with van der Waals surface area (Å²) in [6.45, 7) is 9.27. The molecule has 25 heavy (non-hydrogen) atoms. The van der Waals surface area contributed by atoms with Crippen LogP contribution in [0.1, 0.15) is 26.2 Å². The number of hydrogen-bond acceptors (Lipinski definition) is 4. The van der Waals surface area contributed by atoms with Crippen molar-refractivity contribution in [3.8, 4) is 0 Å². The molecule has 2 atom stereocenters. The van der Waals surface area contributed by atoms with E-state index in [4.69, 9.17) is 14.5 Å². The third-order valence-electron chi connectivity index (χ3n) is 5.15. The van der Waals surface area contributed by atoms with E-state index in [2.05, 4.69) is 34.6 Å². The van der Waals surface area contributed by atoms with Gasteiger partial charge in [0.2, 0.25) is 0 Å². The van der Waals surface area contributed by atoms with E-state index in [0.29, 0.717) is 18.0 Å². The van der Waals surface area contributed by atoms with E-state index < -0.39 is 0 Å². The Kier molecular flexibility index (Phi) is 9.51. The van der Waals surface area contributed by atoms with Crippen LogP contribution >= 0.6 is 24.0 Å². The molecule has 7 heteroatoms. The first-order valence-electron chi connectivity index (χ1n) is 9.46. The van der Waals surface area contributed by atoms with Gasteiger partial charge in [-0.2, -0.15) is 0 Å². The highest BCUT2D eigenvalue weighted by Gasteiger charge is 2.31. The SMILES string of the molecule is CCNC(=NCC(C1CCOC1)N1CCOCC1)NC1CC=CC1.I.